The van der Waals surface area contributed by atoms with Crippen LogP contribution in [-0.4, -0.2) is 0 Å². The molecule has 2 aliphatic rings. The van der Waals surface area contributed by atoms with E-state index in [0.717, 1.165) is 30.4 Å². The second-order valence-corrected chi connectivity index (χ2v) is 3.85. The van der Waals surface area contributed by atoms with Gasteiger partial charge < -0.3 is 0 Å². The van der Waals surface area contributed by atoms with Gasteiger partial charge in [0.05, 0.1) is 6.57 Å². The van der Waals surface area contributed by atoms with Gasteiger partial charge in [0, 0.05) is 0 Å². The van der Waals surface area contributed by atoms with Crippen molar-refractivity contribution < 1.29 is 0 Å². The zero-order valence-electron chi connectivity index (χ0n) is 7.38. The number of hydrogen-bond acceptors (Lipinski definition) is 0. The molecule has 62 valence electrons. The lowest BCUT2D eigenvalue weighted by Crippen LogP contribution is -2.09. The highest BCUT2D eigenvalue weighted by atomic mass is 14.7. The van der Waals surface area contributed by atoms with Crippen molar-refractivity contribution in [1.82, 2.24) is 0 Å². The van der Waals surface area contributed by atoms with E-state index in [2.05, 4.69) is 17.0 Å². The molecule has 2 aliphatic carbocycles. The maximum atomic E-state index is 6.94. The summed E-state index contributed by atoms with van der Waals surface area (Å²) in [5.41, 5.74) is 2.34. The first-order valence-electron chi connectivity index (χ1n) is 4.54. The summed E-state index contributed by atoms with van der Waals surface area (Å²) in [5, 5.41) is 0. The van der Waals surface area contributed by atoms with E-state index in [4.69, 9.17) is 6.57 Å². The van der Waals surface area contributed by atoms with Crippen molar-refractivity contribution in [3.05, 3.63) is 34.8 Å². The molecular weight excluding hydrogens is 146 g/mol. The van der Waals surface area contributed by atoms with Gasteiger partial charge in [0.1, 0.15) is 0 Å². The molecule has 1 nitrogen and oxygen atoms in total. The van der Waals surface area contributed by atoms with Gasteiger partial charge in [0.2, 0.25) is 0 Å². The van der Waals surface area contributed by atoms with Crippen LogP contribution in [0, 0.1) is 18.4 Å². The van der Waals surface area contributed by atoms with Crippen LogP contribution in [0.4, 0.5) is 0 Å². The predicted octanol–water partition coefficient (Wildman–Crippen LogP) is 3.17. The highest BCUT2D eigenvalue weighted by molar-refractivity contribution is 5.25. The van der Waals surface area contributed by atoms with Gasteiger partial charge in [-0.2, -0.15) is 0 Å². The Labute approximate surface area is 73.6 Å². The van der Waals surface area contributed by atoms with Gasteiger partial charge in [-0.05, 0) is 38.0 Å². The van der Waals surface area contributed by atoms with Crippen molar-refractivity contribution in [2.45, 2.75) is 26.2 Å². The molecule has 0 spiro atoms. The van der Waals surface area contributed by atoms with Gasteiger partial charge in [-0.3, -0.25) is 0 Å². The minimum Gasteiger partial charge on any atom is -0.243 e. The van der Waals surface area contributed by atoms with Crippen molar-refractivity contribution in [1.29, 1.82) is 0 Å². The number of rotatable bonds is 0. The summed E-state index contributed by atoms with van der Waals surface area (Å²) >= 11 is 0. The third-order valence-corrected chi connectivity index (χ3v) is 2.96. The van der Waals surface area contributed by atoms with E-state index < -0.39 is 0 Å². The molecule has 0 amide bonds. The first-order valence-corrected chi connectivity index (χ1v) is 4.54. The lowest BCUT2D eigenvalue weighted by atomic mass is 9.83. The Morgan fingerprint density at radius 2 is 2.00 bits per heavy atom. The fraction of sp³-hybridized carbons (Fsp3) is 0.545. The van der Waals surface area contributed by atoms with Crippen molar-refractivity contribution in [2.24, 2.45) is 11.8 Å². The predicted molar refractivity (Wildman–Crippen MR) is 49.3 cm³/mol. The van der Waals surface area contributed by atoms with E-state index in [0.29, 0.717) is 0 Å². The summed E-state index contributed by atoms with van der Waals surface area (Å²) in [5.74, 6) is 1.49. The van der Waals surface area contributed by atoms with Crippen LogP contribution in [0.25, 0.3) is 4.85 Å². The molecule has 12 heavy (non-hydrogen) atoms. The summed E-state index contributed by atoms with van der Waals surface area (Å²) in [6.45, 7) is 8.90. The van der Waals surface area contributed by atoms with Crippen molar-refractivity contribution in [3.63, 3.8) is 0 Å². The number of allylic oxidation sites excluding steroid dienone is 4. The summed E-state index contributed by atoms with van der Waals surface area (Å²) < 4.78 is 0. The molecule has 0 heterocycles. The highest BCUT2D eigenvalue weighted by Gasteiger charge is 2.27. The van der Waals surface area contributed by atoms with Gasteiger partial charge >= 0.3 is 0 Å². The molecule has 0 aromatic carbocycles. The lowest BCUT2D eigenvalue weighted by Gasteiger charge is -2.22. The molecule has 0 aromatic heterocycles. The second kappa shape index (κ2) is 2.79. The summed E-state index contributed by atoms with van der Waals surface area (Å²) in [7, 11) is 0. The van der Waals surface area contributed by atoms with E-state index >= 15 is 0 Å². The molecule has 0 aromatic rings. The van der Waals surface area contributed by atoms with E-state index in [1.54, 1.807) is 0 Å². The van der Waals surface area contributed by atoms with Crippen LogP contribution >= 0.6 is 0 Å². The Morgan fingerprint density at radius 3 is 2.50 bits per heavy atom. The SMILES string of the molecule is [C-]#[N+]C(C)=C1CC2C=CC(C1)C2. The van der Waals surface area contributed by atoms with Gasteiger partial charge in [0.25, 0.3) is 0 Å². The third kappa shape index (κ3) is 1.18. The van der Waals surface area contributed by atoms with Crippen LogP contribution in [0.2, 0.25) is 0 Å². The summed E-state index contributed by atoms with van der Waals surface area (Å²) in [6.07, 6.45) is 8.26. The zero-order valence-corrected chi connectivity index (χ0v) is 7.38. The average Bonchev–Trinajstić information content (AvgIpc) is 2.44. The largest absolute Gasteiger partial charge is 0.243 e. The molecule has 1 fully saturated rings. The van der Waals surface area contributed by atoms with Crippen LogP contribution < -0.4 is 0 Å². The summed E-state index contributed by atoms with van der Waals surface area (Å²) in [4.78, 5) is 3.51. The van der Waals surface area contributed by atoms with Crippen molar-refractivity contribution >= 4 is 0 Å². The molecule has 2 atom stereocenters. The van der Waals surface area contributed by atoms with Crippen molar-refractivity contribution in [3.8, 4) is 0 Å². The first-order chi connectivity index (χ1) is 5.79. The number of nitrogens with zero attached hydrogens (tertiary/aromatic N) is 1. The van der Waals surface area contributed by atoms with E-state index in [9.17, 15) is 0 Å². The first kappa shape index (κ1) is 7.61. The highest BCUT2D eigenvalue weighted by Crippen LogP contribution is 2.40. The Kier molecular flexibility index (Phi) is 1.77. The Bertz CT molecular complexity index is 275. The maximum absolute atomic E-state index is 6.94. The van der Waals surface area contributed by atoms with Gasteiger partial charge in [0.15, 0.2) is 5.70 Å². The standard InChI is InChI=1S/C11H13N/c1-8(12-2)11-6-9-3-4-10(5-9)7-11/h3-4,9-10H,5-7H2,1H3. The van der Waals surface area contributed by atoms with Crippen LogP contribution in [-0.2, 0) is 0 Å². The van der Waals surface area contributed by atoms with Crippen LogP contribution in [0.15, 0.2) is 23.4 Å². The fourth-order valence-corrected chi connectivity index (χ4v) is 2.25. The van der Waals surface area contributed by atoms with E-state index in [1.807, 2.05) is 6.92 Å². The van der Waals surface area contributed by atoms with E-state index in [1.165, 1.54) is 12.0 Å². The smallest absolute Gasteiger partial charge is 0.161 e. The molecule has 2 bridgehead atoms. The third-order valence-electron chi connectivity index (χ3n) is 2.96. The van der Waals surface area contributed by atoms with Crippen LogP contribution in [0.5, 0.6) is 0 Å². The zero-order chi connectivity index (χ0) is 8.55. The summed E-state index contributed by atoms with van der Waals surface area (Å²) in [6, 6.07) is 0. The van der Waals surface area contributed by atoms with Gasteiger partial charge in [-0.15, -0.1) is 0 Å². The molecule has 0 aliphatic heterocycles. The monoisotopic (exact) mass is 159 g/mol. The second-order valence-electron chi connectivity index (χ2n) is 3.85. The Balaban J connectivity index is 2.21. The topological polar surface area (TPSA) is 4.36 Å². The molecule has 0 saturated heterocycles. The average molecular weight is 159 g/mol. The lowest BCUT2D eigenvalue weighted by molar-refractivity contribution is 0.452. The maximum Gasteiger partial charge on any atom is 0.161 e. The van der Waals surface area contributed by atoms with Crippen LogP contribution in [0.3, 0.4) is 0 Å². The van der Waals surface area contributed by atoms with E-state index in [-0.39, 0.29) is 0 Å². The van der Waals surface area contributed by atoms with Crippen LogP contribution in [0.1, 0.15) is 26.2 Å². The number of hydrogen-bond donors (Lipinski definition) is 0. The molecule has 2 unspecified atom stereocenters. The molecule has 2 rings (SSSR count). The quantitative estimate of drug-likeness (QED) is 0.378. The van der Waals surface area contributed by atoms with Gasteiger partial charge in [-0.25, -0.2) is 4.85 Å². The fourth-order valence-electron chi connectivity index (χ4n) is 2.25. The van der Waals surface area contributed by atoms with Gasteiger partial charge in [-0.1, -0.05) is 17.7 Å². The Hall–Kier alpha value is -1.03. The Morgan fingerprint density at radius 1 is 1.42 bits per heavy atom. The molecule has 1 saturated carbocycles. The molecule has 0 radical (unpaired) electrons. The normalized spacial score (nSPS) is 31.8. The van der Waals surface area contributed by atoms with Crippen molar-refractivity contribution in [2.75, 3.05) is 0 Å². The minimum absolute atomic E-state index is 0.746. The molecule has 0 N–H and O–H groups in total. The minimum atomic E-state index is 0.746. The molecular formula is C11H13N. The molecule has 1 heteroatoms. The number of fused-ring (bicyclic) bond motifs is 2.